The number of benzene rings is 2. The molecule has 1 fully saturated rings. The minimum Gasteiger partial charge on any atom is -0.507 e. The monoisotopic (exact) mass is 447 g/mol. The number of phenolic OH excluding ortho intramolecular Hbond substituents is 2. The van der Waals surface area contributed by atoms with Gasteiger partial charge in [0, 0.05) is 49.2 Å². The number of hydrazone groups is 1. The Kier molecular flexibility index (Phi) is 4.61. The molecule has 2 aromatic carbocycles. The number of ketones is 2. The van der Waals surface area contributed by atoms with Crippen LogP contribution < -0.4 is 10.2 Å². The number of aromatic hydroxyl groups is 2. The predicted octanol–water partition coefficient (Wildman–Crippen LogP) is 2.70. The third-order valence-electron chi connectivity index (χ3n) is 7.21. The van der Waals surface area contributed by atoms with Gasteiger partial charge in [0.15, 0.2) is 5.78 Å². The molecule has 1 aliphatic carbocycles. The van der Waals surface area contributed by atoms with E-state index in [-0.39, 0.29) is 45.5 Å². The van der Waals surface area contributed by atoms with E-state index >= 15 is 0 Å². The van der Waals surface area contributed by atoms with E-state index in [0.717, 1.165) is 5.71 Å². The topological polar surface area (TPSA) is 111 Å². The highest BCUT2D eigenvalue weighted by Gasteiger charge is 2.55. The highest BCUT2D eigenvalue weighted by atomic mass is 16.5. The fourth-order valence-electron chi connectivity index (χ4n) is 5.75. The minimum absolute atomic E-state index is 0.0969. The molecule has 0 radical (unpaired) electrons. The number of carbonyl (C=O) groups excluding carboxylic acids is 2. The molecule has 5 rings (SSSR count). The molecule has 2 atom stereocenters. The molecular formula is C25H25N3O5. The van der Waals surface area contributed by atoms with E-state index in [0.29, 0.717) is 30.5 Å². The van der Waals surface area contributed by atoms with Crippen molar-refractivity contribution in [2.75, 3.05) is 20.7 Å². The first-order chi connectivity index (χ1) is 15.8. The van der Waals surface area contributed by atoms with Gasteiger partial charge in [-0.25, -0.2) is 0 Å². The summed E-state index contributed by atoms with van der Waals surface area (Å²) in [5.74, 6) is -1.31. The van der Waals surface area contributed by atoms with Gasteiger partial charge in [-0.2, -0.15) is 5.10 Å². The molecule has 2 unspecified atom stereocenters. The first-order valence-corrected chi connectivity index (χ1v) is 10.8. The van der Waals surface area contributed by atoms with Gasteiger partial charge in [-0.15, -0.1) is 6.58 Å². The van der Waals surface area contributed by atoms with Gasteiger partial charge in [0.1, 0.15) is 17.2 Å². The quantitative estimate of drug-likeness (QED) is 0.320. The van der Waals surface area contributed by atoms with Crippen molar-refractivity contribution in [3.63, 3.8) is 0 Å². The van der Waals surface area contributed by atoms with Crippen molar-refractivity contribution >= 4 is 17.3 Å². The Labute approximate surface area is 191 Å². The highest BCUT2D eigenvalue weighted by Crippen LogP contribution is 2.56. The van der Waals surface area contributed by atoms with Gasteiger partial charge < -0.3 is 20.4 Å². The van der Waals surface area contributed by atoms with E-state index < -0.39 is 17.1 Å². The maximum atomic E-state index is 13.6. The van der Waals surface area contributed by atoms with Crippen molar-refractivity contribution in [1.29, 1.82) is 0 Å². The molecule has 2 heterocycles. The summed E-state index contributed by atoms with van der Waals surface area (Å²) in [5.41, 5.74) is 4.04. The number of fused-ring (bicyclic) bond motifs is 6. The first kappa shape index (κ1) is 21.2. The van der Waals surface area contributed by atoms with Crippen molar-refractivity contribution in [1.82, 2.24) is 10.3 Å². The molecule has 3 N–H and O–H groups in total. The number of hydrogen-bond acceptors (Lipinski definition) is 8. The minimum atomic E-state index is -0.546. The summed E-state index contributed by atoms with van der Waals surface area (Å²) < 4.78 is 5.32. The molecular weight excluding hydrogens is 422 g/mol. The van der Waals surface area contributed by atoms with Crippen molar-refractivity contribution in [3.05, 3.63) is 64.2 Å². The van der Waals surface area contributed by atoms with Crippen molar-refractivity contribution in [2.24, 2.45) is 5.10 Å². The van der Waals surface area contributed by atoms with Crippen molar-refractivity contribution < 1.29 is 24.5 Å². The molecule has 0 aromatic heterocycles. The maximum Gasteiger partial charge on any atom is 0.202 e. The second kappa shape index (κ2) is 7.18. The zero-order chi connectivity index (χ0) is 23.7. The molecule has 8 nitrogen and oxygen atoms in total. The molecule has 0 amide bonds. The lowest BCUT2D eigenvalue weighted by Crippen LogP contribution is -2.51. The van der Waals surface area contributed by atoms with Crippen LogP contribution in [0.4, 0.5) is 0 Å². The van der Waals surface area contributed by atoms with Crippen LogP contribution in [0.15, 0.2) is 36.0 Å². The van der Waals surface area contributed by atoms with E-state index in [1.165, 1.54) is 13.2 Å². The molecule has 0 saturated carbocycles. The Hall–Kier alpha value is -3.65. The zero-order valence-electron chi connectivity index (χ0n) is 18.7. The van der Waals surface area contributed by atoms with E-state index in [9.17, 15) is 19.8 Å². The fourth-order valence-corrected chi connectivity index (χ4v) is 5.75. The fraction of sp³-hybridized carbons (Fsp3) is 0.320. The standard InChI is InChI=1S/C25H25N3O5/c1-5-9-28-14-10-16(27-26-3)25(28,2)11-13-17(14)23(31)20-19(22(13)30)21(29)12-7-6-8-15(33-4)18(12)24(20)32/h5-8,14,26,30-31H,1,9-11H2,2-4H3/b27-16+. The van der Waals surface area contributed by atoms with Gasteiger partial charge in [0.05, 0.1) is 35.1 Å². The van der Waals surface area contributed by atoms with Crippen molar-refractivity contribution in [3.8, 4) is 17.2 Å². The number of ether oxygens (including phenoxy) is 1. The van der Waals surface area contributed by atoms with E-state index in [1.54, 1.807) is 25.3 Å². The summed E-state index contributed by atoms with van der Waals surface area (Å²) in [6.07, 6.45) is 2.61. The van der Waals surface area contributed by atoms with Crippen LogP contribution in [0, 0.1) is 0 Å². The van der Waals surface area contributed by atoms with Crippen LogP contribution in [-0.4, -0.2) is 58.6 Å². The summed E-state index contributed by atoms with van der Waals surface area (Å²) in [7, 11) is 3.14. The Bertz CT molecular complexity index is 1280. The number of nitrogens with one attached hydrogen (secondary N) is 1. The Morgan fingerprint density at radius 2 is 1.97 bits per heavy atom. The van der Waals surface area contributed by atoms with Gasteiger partial charge in [0.25, 0.3) is 0 Å². The van der Waals surface area contributed by atoms with Gasteiger partial charge in [-0.3, -0.25) is 14.5 Å². The van der Waals surface area contributed by atoms with Crippen LogP contribution in [-0.2, 0) is 6.42 Å². The second-order valence-corrected chi connectivity index (χ2v) is 8.77. The highest BCUT2D eigenvalue weighted by molar-refractivity contribution is 6.31. The van der Waals surface area contributed by atoms with Gasteiger partial charge in [0.2, 0.25) is 5.78 Å². The molecule has 0 spiro atoms. The molecule has 33 heavy (non-hydrogen) atoms. The van der Waals surface area contributed by atoms with Crippen LogP contribution in [0.1, 0.15) is 62.4 Å². The molecule has 2 bridgehead atoms. The number of carbonyl (C=O) groups is 2. The lowest BCUT2D eigenvalue weighted by atomic mass is 9.76. The van der Waals surface area contributed by atoms with E-state index in [2.05, 4.69) is 22.0 Å². The molecule has 3 aliphatic rings. The lowest BCUT2D eigenvalue weighted by molar-refractivity contribution is 0.0967. The number of phenols is 2. The number of methoxy groups -OCH3 is 1. The molecule has 8 heteroatoms. The van der Waals surface area contributed by atoms with Gasteiger partial charge in [-0.05, 0) is 13.0 Å². The third kappa shape index (κ3) is 2.58. The molecule has 170 valence electrons. The number of nitrogens with zero attached hydrogens (tertiary/aromatic N) is 2. The van der Waals surface area contributed by atoms with E-state index in [4.69, 9.17) is 4.74 Å². The largest absolute Gasteiger partial charge is 0.507 e. The van der Waals surface area contributed by atoms with Gasteiger partial charge in [-0.1, -0.05) is 18.2 Å². The van der Waals surface area contributed by atoms with E-state index in [1.807, 2.05) is 6.92 Å². The SMILES string of the molecule is C=CCN1C2C/C(=N\NC)C1(C)Cc1c(O)c3c(c(O)c12)C(=O)c1c(OC)cccc1C3=O. The zero-order valence-corrected chi connectivity index (χ0v) is 18.7. The lowest BCUT2D eigenvalue weighted by Gasteiger charge is -2.43. The molecule has 2 aromatic rings. The third-order valence-corrected chi connectivity index (χ3v) is 7.21. The van der Waals surface area contributed by atoms with Crippen LogP contribution in [0.25, 0.3) is 0 Å². The first-order valence-electron chi connectivity index (χ1n) is 10.8. The number of hydrogen-bond donors (Lipinski definition) is 3. The summed E-state index contributed by atoms with van der Waals surface area (Å²) >= 11 is 0. The molecule has 1 saturated heterocycles. The van der Waals surface area contributed by atoms with Crippen LogP contribution in [0.5, 0.6) is 17.2 Å². The van der Waals surface area contributed by atoms with Crippen molar-refractivity contribution in [2.45, 2.75) is 31.3 Å². The smallest absolute Gasteiger partial charge is 0.202 e. The normalized spacial score (nSPS) is 24.3. The summed E-state index contributed by atoms with van der Waals surface area (Å²) in [4.78, 5) is 29.2. The average Bonchev–Trinajstić information content (AvgIpc) is 2.97. The van der Waals surface area contributed by atoms with Crippen LogP contribution in [0.2, 0.25) is 0 Å². The Balaban J connectivity index is 1.80. The summed E-state index contributed by atoms with van der Waals surface area (Å²) in [6, 6.07) is 4.42. The van der Waals surface area contributed by atoms with Crippen LogP contribution in [0.3, 0.4) is 0 Å². The Morgan fingerprint density at radius 3 is 2.64 bits per heavy atom. The average molecular weight is 447 g/mol. The second-order valence-electron chi connectivity index (χ2n) is 8.77. The van der Waals surface area contributed by atoms with Crippen LogP contribution >= 0.6 is 0 Å². The number of rotatable bonds is 4. The predicted molar refractivity (Wildman–Crippen MR) is 122 cm³/mol. The Morgan fingerprint density at radius 1 is 1.24 bits per heavy atom. The maximum absolute atomic E-state index is 13.6. The summed E-state index contributed by atoms with van der Waals surface area (Å²) in [6.45, 7) is 6.42. The molecule has 2 aliphatic heterocycles. The van der Waals surface area contributed by atoms with Gasteiger partial charge >= 0.3 is 0 Å². The summed E-state index contributed by atoms with van der Waals surface area (Å²) in [5, 5.41) is 27.3.